The van der Waals surface area contributed by atoms with Gasteiger partial charge in [-0.05, 0) is 23.8 Å². The van der Waals surface area contributed by atoms with Crippen molar-refractivity contribution in [2.45, 2.75) is 5.41 Å². The number of nitriles is 2. The highest BCUT2D eigenvalue weighted by Crippen LogP contribution is 2.55. The molecule has 2 heterocycles. The molecule has 0 radical (unpaired) electrons. The summed E-state index contributed by atoms with van der Waals surface area (Å²) in [7, 11) is 1.58. The van der Waals surface area contributed by atoms with Crippen LogP contribution in [0.3, 0.4) is 0 Å². The van der Waals surface area contributed by atoms with Gasteiger partial charge in [-0.25, -0.2) is 0 Å². The Morgan fingerprint density at radius 2 is 1.83 bits per heavy atom. The Kier molecular flexibility index (Phi) is 3.55. The number of fused-ring (bicyclic) bond motifs is 2. The number of thioether (sulfide) groups is 1. The predicted molar refractivity (Wildman–Crippen MR) is 90.5 cm³/mol. The number of halogens is 1. The summed E-state index contributed by atoms with van der Waals surface area (Å²) in [5.74, 6) is -2.59. The number of hydrogen-bond donors (Lipinski definition) is 2. The van der Waals surface area contributed by atoms with E-state index in [2.05, 4.69) is 15.9 Å². The Morgan fingerprint density at radius 1 is 1.26 bits per heavy atom. The first-order valence-electron chi connectivity index (χ1n) is 6.61. The van der Waals surface area contributed by atoms with E-state index < -0.39 is 23.2 Å². The number of nitrogens with zero attached hydrogens (tertiary/aromatic N) is 3. The number of amides is 1. The van der Waals surface area contributed by atoms with E-state index in [1.807, 2.05) is 12.1 Å². The number of benzene rings is 1. The van der Waals surface area contributed by atoms with Crippen LogP contribution in [0.2, 0.25) is 0 Å². The van der Waals surface area contributed by atoms with Gasteiger partial charge in [0.15, 0.2) is 0 Å². The van der Waals surface area contributed by atoms with E-state index in [1.54, 1.807) is 25.2 Å². The lowest BCUT2D eigenvalue weighted by molar-refractivity contribution is -0.124. The van der Waals surface area contributed by atoms with Gasteiger partial charge in [0, 0.05) is 17.2 Å². The molecule has 3 rings (SSSR count). The van der Waals surface area contributed by atoms with Crippen molar-refractivity contribution in [2.75, 3.05) is 11.9 Å². The number of rotatable bonds is 0. The monoisotopic (exact) mass is 387 g/mol. The first kappa shape index (κ1) is 15.7. The molecular formula is C15H10BrN5OS. The molecule has 0 aromatic heterocycles. The van der Waals surface area contributed by atoms with Crippen LogP contribution in [-0.4, -0.2) is 23.0 Å². The highest BCUT2D eigenvalue weighted by Gasteiger charge is 2.64. The van der Waals surface area contributed by atoms with Crippen molar-refractivity contribution in [1.82, 2.24) is 0 Å². The highest BCUT2D eigenvalue weighted by molar-refractivity contribution is 9.10. The molecule has 0 aliphatic carbocycles. The fourth-order valence-electron chi connectivity index (χ4n) is 3.33. The minimum Gasteiger partial charge on any atom is -0.314 e. The van der Waals surface area contributed by atoms with Crippen molar-refractivity contribution in [3.05, 3.63) is 28.2 Å². The predicted octanol–water partition coefficient (Wildman–Crippen LogP) is 2.64. The van der Waals surface area contributed by atoms with Gasteiger partial charge >= 0.3 is 0 Å². The van der Waals surface area contributed by atoms with Crippen molar-refractivity contribution in [3.63, 3.8) is 0 Å². The smallest absolute Gasteiger partial charge is 0.241 e. The molecule has 0 bridgehead atoms. The second-order valence-electron chi connectivity index (χ2n) is 5.35. The summed E-state index contributed by atoms with van der Waals surface area (Å²) in [6, 6.07) is 9.28. The highest BCUT2D eigenvalue weighted by atomic mass is 79.9. The van der Waals surface area contributed by atoms with Crippen LogP contribution in [0.4, 0.5) is 5.69 Å². The molecule has 114 valence electrons. The molecule has 1 aromatic rings. The van der Waals surface area contributed by atoms with Crippen LogP contribution in [0.25, 0.3) is 0 Å². The molecule has 1 saturated heterocycles. The summed E-state index contributed by atoms with van der Waals surface area (Å²) in [4.78, 5) is 14.5. The molecule has 1 aromatic carbocycles. The number of carbonyl (C=O) groups is 1. The third kappa shape index (κ3) is 1.82. The third-order valence-electron chi connectivity index (χ3n) is 4.34. The molecule has 2 atom stereocenters. The molecule has 8 heteroatoms. The van der Waals surface area contributed by atoms with Crippen molar-refractivity contribution in [2.24, 2.45) is 11.8 Å². The van der Waals surface area contributed by atoms with Gasteiger partial charge in [0.1, 0.15) is 17.3 Å². The zero-order chi connectivity index (χ0) is 16.9. The quantitative estimate of drug-likeness (QED) is 0.711. The fraction of sp³-hybridized carbons (Fsp3) is 0.267. The van der Waals surface area contributed by atoms with E-state index in [9.17, 15) is 15.3 Å². The van der Waals surface area contributed by atoms with E-state index in [4.69, 9.17) is 10.8 Å². The molecule has 6 nitrogen and oxygen atoms in total. The Balaban J connectivity index is 2.42. The number of hydrogen-bond acceptors (Lipinski definition) is 6. The second kappa shape index (κ2) is 5.19. The Morgan fingerprint density at radius 3 is 2.35 bits per heavy atom. The van der Waals surface area contributed by atoms with Crippen molar-refractivity contribution in [3.8, 4) is 12.1 Å². The minimum atomic E-state index is -1.53. The fourth-order valence-corrected chi connectivity index (χ4v) is 4.64. The van der Waals surface area contributed by atoms with E-state index in [1.165, 1.54) is 4.90 Å². The molecule has 2 aliphatic heterocycles. The Hall–Kier alpha value is -2.16. The van der Waals surface area contributed by atoms with Gasteiger partial charge in [-0.2, -0.15) is 10.5 Å². The molecule has 23 heavy (non-hydrogen) atoms. The maximum Gasteiger partial charge on any atom is 0.241 e. The zero-order valence-electron chi connectivity index (χ0n) is 11.9. The van der Waals surface area contributed by atoms with Crippen LogP contribution in [0, 0.1) is 45.3 Å². The third-order valence-corrected chi connectivity index (χ3v) is 5.74. The lowest BCUT2D eigenvalue weighted by Crippen LogP contribution is -2.56. The lowest BCUT2D eigenvalue weighted by atomic mass is 9.63. The average Bonchev–Trinajstić information content (AvgIpc) is 2.71. The standard InChI is InChI=1S/C15H10BrN5OS/c1-21-11-3-2-7(16)4-8(11)15(14(21)22)9(5-17)12(19)23-13(20)10(15)6-18/h2-4,9-10,19-20H,1H3. The van der Waals surface area contributed by atoms with Crippen LogP contribution in [0.1, 0.15) is 5.56 Å². The van der Waals surface area contributed by atoms with E-state index in [0.29, 0.717) is 15.7 Å². The SMILES string of the molecule is CN1C(=O)C2(c3cc(Br)ccc31)C(C#N)C(=N)SC(=N)C2C#N. The molecule has 1 fully saturated rings. The maximum absolute atomic E-state index is 13.1. The summed E-state index contributed by atoms with van der Waals surface area (Å²) >= 11 is 4.15. The van der Waals surface area contributed by atoms with Crippen molar-refractivity contribution < 1.29 is 4.79 Å². The topological polar surface area (TPSA) is 116 Å². The van der Waals surface area contributed by atoms with Gasteiger partial charge in [-0.15, -0.1) is 0 Å². The van der Waals surface area contributed by atoms with Crippen molar-refractivity contribution in [1.29, 1.82) is 21.3 Å². The summed E-state index contributed by atoms with van der Waals surface area (Å²) in [6.07, 6.45) is 0. The summed E-state index contributed by atoms with van der Waals surface area (Å²) < 4.78 is 0.711. The summed E-state index contributed by atoms with van der Waals surface area (Å²) in [5.41, 5.74) is -0.407. The van der Waals surface area contributed by atoms with Crippen LogP contribution in [0.15, 0.2) is 22.7 Å². The van der Waals surface area contributed by atoms with Gasteiger partial charge in [0.2, 0.25) is 5.91 Å². The lowest BCUT2D eigenvalue weighted by Gasteiger charge is -2.40. The number of anilines is 1. The molecule has 2 N–H and O–H groups in total. The molecule has 0 saturated carbocycles. The molecule has 1 amide bonds. The van der Waals surface area contributed by atoms with Crippen LogP contribution >= 0.6 is 27.7 Å². The zero-order valence-corrected chi connectivity index (χ0v) is 14.3. The van der Waals surface area contributed by atoms with E-state index >= 15 is 0 Å². The largest absolute Gasteiger partial charge is 0.314 e. The van der Waals surface area contributed by atoms with Crippen LogP contribution < -0.4 is 4.90 Å². The van der Waals surface area contributed by atoms with Gasteiger partial charge in [-0.1, -0.05) is 27.7 Å². The van der Waals surface area contributed by atoms with E-state index in [-0.39, 0.29) is 10.1 Å². The van der Waals surface area contributed by atoms with Gasteiger partial charge < -0.3 is 4.90 Å². The molecule has 2 aliphatic rings. The number of likely N-dealkylation sites (N-methyl/N-ethyl adjacent to an activating group) is 1. The Labute approximate surface area is 145 Å². The normalized spacial score (nSPS) is 29.4. The number of carbonyl (C=O) groups excluding carboxylic acids is 1. The Bertz CT molecular complexity index is 820. The van der Waals surface area contributed by atoms with Crippen LogP contribution in [-0.2, 0) is 10.2 Å². The average molecular weight is 388 g/mol. The van der Waals surface area contributed by atoms with Crippen molar-refractivity contribution >= 4 is 49.4 Å². The van der Waals surface area contributed by atoms with Gasteiger partial charge in [-0.3, -0.25) is 15.6 Å². The maximum atomic E-state index is 13.1. The summed E-state index contributed by atoms with van der Waals surface area (Å²) in [5, 5.41) is 35.3. The first-order valence-corrected chi connectivity index (χ1v) is 8.22. The van der Waals surface area contributed by atoms with Gasteiger partial charge in [0.25, 0.3) is 0 Å². The van der Waals surface area contributed by atoms with E-state index in [0.717, 1.165) is 11.8 Å². The second-order valence-corrected chi connectivity index (χ2v) is 7.35. The molecule has 1 spiro atoms. The minimum absolute atomic E-state index is 0.0708. The van der Waals surface area contributed by atoms with Gasteiger partial charge in [0.05, 0.1) is 22.2 Å². The summed E-state index contributed by atoms with van der Waals surface area (Å²) in [6.45, 7) is 0. The molecular weight excluding hydrogens is 378 g/mol. The molecule has 2 unspecified atom stereocenters. The first-order chi connectivity index (χ1) is 10.9. The number of nitrogens with one attached hydrogen (secondary N) is 2. The van der Waals surface area contributed by atoms with Crippen LogP contribution in [0.5, 0.6) is 0 Å².